The van der Waals surface area contributed by atoms with E-state index in [1.165, 1.54) is 0 Å². The summed E-state index contributed by atoms with van der Waals surface area (Å²) in [6, 6.07) is 3.32. The number of nitrogens with one attached hydrogen (secondary N) is 1. The maximum absolute atomic E-state index is 11.9. The van der Waals surface area contributed by atoms with Crippen LogP contribution in [0.25, 0.3) is 0 Å². The molecular weight excluding hydrogens is 236 g/mol. The summed E-state index contributed by atoms with van der Waals surface area (Å²) in [5, 5.41) is 3.27. The summed E-state index contributed by atoms with van der Waals surface area (Å²) in [7, 11) is 0. The van der Waals surface area contributed by atoms with Crippen LogP contribution >= 0.6 is 11.6 Å². The molecule has 3 nitrogen and oxygen atoms in total. The minimum absolute atomic E-state index is 0.0982. The van der Waals surface area contributed by atoms with E-state index < -0.39 is 0 Å². The number of aryl methyl sites for hydroxylation is 1. The van der Waals surface area contributed by atoms with E-state index in [-0.39, 0.29) is 11.3 Å². The van der Waals surface area contributed by atoms with Crippen molar-refractivity contribution in [1.29, 1.82) is 0 Å². The molecule has 0 aliphatic heterocycles. The molecule has 1 aromatic heterocycles. The molecule has 0 radical (unpaired) electrons. The Morgan fingerprint density at radius 2 is 2.12 bits per heavy atom. The Hall–Kier alpha value is -1.09. The Kier molecular flexibility index (Phi) is 4.52. The molecule has 0 unspecified atom stereocenters. The third kappa shape index (κ3) is 4.35. The number of hydrogen-bond acceptors (Lipinski definition) is 2. The van der Waals surface area contributed by atoms with E-state index in [0.29, 0.717) is 17.3 Å². The molecule has 0 fully saturated rings. The smallest absolute Gasteiger partial charge is 0.251 e. The summed E-state index contributed by atoms with van der Waals surface area (Å²) >= 11 is 5.82. The molecule has 0 aromatic carbocycles. The number of carbonyl (C=O) groups is 1. The Bertz CT molecular complexity index is 396. The number of rotatable bonds is 4. The van der Waals surface area contributed by atoms with Gasteiger partial charge in [0.1, 0.15) is 5.15 Å². The molecule has 0 aliphatic rings. The first-order chi connectivity index (χ1) is 7.84. The highest BCUT2D eigenvalue weighted by atomic mass is 35.5. The van der Waals surface area contributed by atoms with Gasteiger partial charge < -0.3 is 5.32 Å². The van der Waals surface area contributed by atoms with Crippen LogP contribution in [0.3, 0.4) is 0 Å². The van der Waals surface area contributed by atoms with Crippen LogP contribution in [0.4, 0.5) is 0 Å². The minimum atomic E-state index is -0.0982. The van der Waals surface area contributed by atoms with E-state index in [1.54, 1.807) is 12.1 Å². The molecular formula is C13H19ClN2O. The van der Waals surface area contributed by atoms with Crippen molar-refractivity contribution in [2.75, 3.05) is 6.54 Å². The predicted octanol–water partition coefficient (Wildman–Crippen LogP) is 3.21. The van der Waals surface area contributed by atoms with Crippen LogP contribution in [0.2, 0.25) is 5.15 Å². The Morgan fingerprint density at radius 3 is 2.65 bits per heavy atom. The van der Waals surface area contributed by atoms with Crippen molar-refractivity contribution in [2.24, 2.45) is 5.41 Å². The molecule has 1 amide bonds. The second kappa shape index (κ2) is 5.50. The molecule has 1 heterocycles. The fraction of sp³-hybridized carbons (Fsp3) is 0.538. The number of halogens is 1. The van der Waals surface area contributed by atoms with Gasteiger partial charge in [-0.05, 0) is 30.9 Å². The van der Waals surface area contributed by atoms with E-state index in [9.17, 15) is 4.79 Å². The quantitative estimate of drug-likeness (QED) is 0.839. The summed E-state index contributed by atoms with van der Waals surface area (Å²) in [5.74, 6) is -0.0982. The average molecular weight is 255 g/mol. The van der Waals surface area contributed by atoms with E-state index in [2.05, 4.69) is 31.1 Å². The maximum Gasteiger partial charge on any atom is 0.251 e. The number of carbonyl (C=O) groups excluding carboxylic acids is 1. The first kappa shape index (κ1) is 14.0. The standard InChI is InChI=1S/C13H19ClN2O/c1-5-13(3,4)8-15-12(17)10-6-9(2)16-11(14)7-10/h6-7H,5,8H2,1-4H3,(H,15,17). The lowest BCUT2D eigenvalue weighted by molar-refractivity contribution is 0.0935. The Morgan fingerprint density at radius 1 is 1.47 bits per heavy atom. The molecule has 0 atom stereocenters. The predicted molar refractivity (Wildman–Crippen MR) is 70.4 cm³/mol. The fourth-order valence-electron chi connectivity index (χ4n) is 1.31. The minimum Gasteiger partial charge on any atom is -0.352 e. The van der Waals surface area contributed by atoms with Crippen LogP contribution in [0.15, 0.2) is 12.1 Å². The van der Waals surface area contributed by atoms with Gasteiger partial charge in [-0.1, -0.05) is 32.4 Å². The monoisotopic (exact) mass is 254 g/mol. The summed E-state index contributed by atoms with van der Waals surface area (Å²) in [5.41, 5.74) is 1.42. The van der Waals surface area contributed by atoms with Gasteiger partial charge in [0.2, 0.25) is 0 Å². The molecule has 0 spiro atoms. The highest BCUT2D eigenvalue weighted by Crippen LogP contribution is 2.18. The van der Waals surface area contributed by atoms with Gasteiger partial charge in [0.15, 0.2) is 0 Å². The van der Waals surface area contributed by atoms with Crippen LogP contribution in [-0.2, 0) is 0 Å². The third-order valence-electron chi connectivity index (χ3n) is 2.87. The van der Waals surface area contributed by atoms with Crippen molar-refractivity contribution < 1.29 is 4.79 Å². The van der Waals surface area contributed by atoms with Gasteiger partial charge in [0, 0.05) is 17.8 Å². The van der Waals surface area contributed by atoms with Gasteiger partial charge in [-0.3, -0.25) is 4.79 Å². The van der Waals surface area contributed by atoms with Crippen molar-refractivity contribution >= 4 is 17.5 Å². The molecule has 0 saturated carbocycles. The molecule has 1 rings (SSSR count). The topological polar surface area (TPSA) is 42.0 Å². The molecule has 1 N–H and O–H groups in total. The zero-order valence-corrected chi connectivity index (χ0v) is 11.6. The number of amides is 1. The van der Waals surface area contributed by atoms with Crippen molar-refractivity contribution in [3.05, 3.63) is 28.5 Å². The summed E-state index contributed by atoms with van der Waals surface area (Å²) in [4.78, 5) is 15.9. The highest BCUT2D eigenvalue weighted by Gasteiger charge is 2.17. The van der Waals surface area contributed by atoms with E-state index >= 15 is 0 Å². The Labute approximate surface area is 108 Å². The molecule has 94 valence electrons. The van der Waals surface area contributed by atoms with Gasteiger partial charge in [0.05, 0.1) is 0 Å². The summed E-state index contributed by atoms with van der Waals surface area (Å²) in [6.07, 6.45) is 1.02. The van der Waals surface area contributed by atoms with Crippen LogP contribution < -0.4 is 5.32 Å². The molecule has 1 aromatic rings. The zero-order valence-electron chi connectivity index (χ0n) is 10.8. The van der Waals surface area contributed by atoms with E-state index in [0.717, 1.165) is 12.1 Å². The SMILES string of the molecule is CCC(C)(C)CNC(=O)c1cc(C)nc(Cl)c1. The molecule has 4 heteroatoms. The van der Waals surface area contributed by atoms with Gasteiger partial charge >= 0.3 is 0 Å². The number of pyridine rings is 1. The lowest BCUT2D eigenvalue weighted by atomic mass is 9.90. The summed E-state index contributed by atoms with van der Waals surface area (Å²) in [6.45, 7) is 8.83. The van der Waals surface area contributed by atoms with Crippen LogP contribution in [0, 0.1) is 12.3 Å². The van der Waals surface area contributed by atoms with Crippen molar-refractivity contribution in [1.82, 2.24) is 10.3 Å². The lowest BCUT2D eigenvalue weighted by Gasteiger charge is -2.22. The first-order valence-electron chi connectivity index (χ1n) is 5.76. The lowest BCUT2D eigenvalue weighted by Crippen LogP contribution is -2.33. The van der Waals surface area contributed by atoms with Crippen molar-refractivity contribution in [3.63, 3.8) is 0 Å². The molecule has 0 bridgehead atoms. The zero-order chi connectivity index (χ0) is 13.1. The Balaban J connectivity index is 2.70. The molecule has 0 saturated heterocycles. The fourth-order valence-corrected chi connectivity index (χ4v) is 1.56. The number of nitrogens with zero attached hydrogens (tertiary/aromatic N) is 1. The molecule has 17 heavy (non-hydrogen) atoms. The summed E-state index contributed by atoms with van der Waals surface area (Å²) < 4.78 is 0. The van der Waals surface area contributed by atoms with Crippen LogP contribution in [-0.4, -0.2) is 17.4 Å². The van der Waals surface area contributed by atoms with Gasteiger partial charge in [-0.15, -0.1) is 0 Å². The van der Waals surface area contributed by atoms with Crippen LogP contribution in [0.1, 0.15) is 43.2 Å². The third-order valence-corrected chi connectivity index (χ3v) is 3.06. The van der Waals surface area contributed by atoms with Crippen molar-refractivity contribution in [3.8, 4) is 0 Å². The van der Waals surface area contributed by atoms with Crippen LogP contribution in [0.5, 0.6) is 0 Å². The van der Waals surface area contributed by atoms with E-state index in [4.69, 9.17) is 11.6 Å². The van der Waals surface area contributed by atoms with E-state index in [1.807, 2.05) is 6.92 Å². The largest absolute Gasteiger partial charge is 0.352 e. The normalized spacial score (nSPS) is 11.4. The number of hydrogen-bond donors (Lipinski definition) is 1. The van der Waals surface area contributed by atoms with Gasteiger partial charge in [-0.25, -0.2) is 4.98 Å². The average Bonchev–Trinajstić information content (AvgIpc) is 2.24. The number of aromatic nitrogens is 1. The first-order valence-corrected chi connectivity index (χ1v) is 6.14. The van der Waals surface area contributed by atoms with Crippen molar-refractivity contribution in [2.45, 2.75) is 34.1 Å². The second-order valence-corrected chi connectivity index (χ2v) is 5.41. The maximum atomic E-state index is 11.9. The second-order valence-electron chi connectivity index (χ2n) is 5.02. The van der Waals surface area contributed by atoms with Gasteiger partial charge in [-0.2, -0.15) is 0 Å². The molecule has 0 aliphatic carbocycles. The highest BCUT2D eigenvalue weighted by molar-refractivity contribution is 6.29. The van der Waals surface area contributed by atoms with Gasteiger partial charge in [0.25, 0.3) is 5.91 Å².